The van der Waals surface area contributed by atoms with E-state index in [1.54, 1.807) is 4.68 Å². The number of ether oxygens (including phenoxy) is 1. The lowest BCUT2D eigenvalue weighted by Gasteiger charge is -2.17. The van der Waals surface area contributed by atoms with Crippen molar-refractivity contribution in [2.45, 2.75) is 65.5 Å². The van der Waals surface area contributed by atoms with E-state index in [0.29, 0.717) is 18.4 Å². The van der Waals surface area contributed by atoms with Gasteiger partial charge in [0.2, 0.25) is 0 Å². The number of fused-ring (bicyclic) bond motifs is 1. The van der Waals surface area contributed by atoms with Crippen molar-refractivity contribution in [3.8, 4) is 0 Å². The highest BCUT2D eigenvalue weighted by atomic mass is 16.5. The Morgan fingerprint density at radius 3 is 2.68 bits per heavy atom. The summed E-state index contributed by atoms with van der Waals surface area (Å²) in [5.74, 6) is 0.523. The lowest BCUT2D eigenvalue weighted by Crippen LogP contribution is -2.36. The molecule has 0 aliphatic carbocycles. The fraction of sp³-hybridized carbons (Fsp3) is 0.500. The standard InChI is InChI=1S/C22H29N3O3/c1-6-20-23-18-10-8-7-9-17(18)21(27)24(20)25-19(22(25,4)5)12-11-15(2)13-14-28-16(3)26/h7-10,13,19H,6,11-12,14H2,1-5H3/b15-13+. The average molecular weight is 383 g/mol. The smallest absolute Gasteiger partial charge is 0.302 e. The lowest BCUT2D eigenvalue weighted by molar-refractivity contribution is -0.139. The minimum atomic E-state index is -0.270. The van der Waals surface area contributed by atoms with Crippen LogP contribution in [0, 0.1) is 0 Å². The second-order valence-electron chi connectivity index (χ2n) is 7.92. The molecular formula is C22H29N3O3. The first-order chi connectivity index (χ1) is 13.3. The fourth-order valence-electron chi connectivity index (χ4n) is 3.81. The third-order valence-electron chi connectivity index (χ3n) is 5.52. The van der Waals surface area contributed by atoms with Crippen molar-refractivity contribution in [2.24, 2.45) is 0 Å². The molecule has 1 saturated heterocycles. The number of para-hydroxylation sites is 1. The van der Waals surface area contributed by atoms with Gasteiger partial charge in [-0.3, -0.25) is 14.6 Å². The van der Waals surface area contributed by atoms with Crippen LogP contribution in [0.15, 0.2) is 40.7 Å². The summed E-state index contributed by atoms with van der Waals surface area (Å²) < 4.78 is 6.76. The molecule has 1 aliphatic rings. The number of hydrogen-bond donors (Lipinski definition) is 0. The molecule has 2 heterocycles. The molecule has 150 valence electrons. The number of esters is 1. The van der Waals surface area contributed by atoms with E-state index < -0.39 is 0 Å². The molecule has 6 nitrogen and oxygen atoms in total. The van der Waals surface area contributed by atoms with Crippen LogP contribution in [-0.4, -0.2) is 33.8 Å². The highest BCUT2D eigenvalue weighted by Gasteiger charge is 2.56. The number of nitrogens with zero attached hydrogens (tertiary/aromatic N) is 3. The molecule has 0 bridgehead atoms. The summed E-state index contributed by atoms with van der Waals surface area (Å²) in [5, 5.41) is 2.81. The summed E-state index contributed by atoms with van der Waals surface area (Å²) in [4.78, 5) is 28.8. The van der Waals surface area contributed by atoms with Crippen LogP contribution >= 0.6 is 0 Å². The normalized spacial score (nSPS) is 18.4. The van der Waals surface area contributed by atoms with Crippen LogP contribution in [0.5, 0.6) is 0 Å². The number of aryl methyl sites for hydroxylation is 1. The van der Waals surface area contributed by atoms with E-state index in [0.717, 1.165) is 24.2 Å². The van der Waals surface area contributed by atoms with Gasteiger partial charge in [0.05, 0.1) is 22.5 Å². The molecule has 0 saturated carbocycles. The fourth-order valence-corrected chi connectivity index (χ4v) is 3.81. The first-order valence-corrected chi connectivity index (χ1v) is 9.86. The Hall–Kier alpha value is -2.63. The maximum absolute atomic E-state index is 13.2. The maximum Gasteiger partial charge on any atom is 0.302 e. The van der Waals surface area contributed by atoms with Crippen LogP contribution in [-0.2, 0) is 16.0 Å². The van der Waals surface area contributed by atoms with Crippen molar-refractivity contribution in [3.05, 3.63) is 52.1 Å². The molecule has 6 heteroatoms. The summed E-state index contributed by atoms with van der Waals surface area (Å²) in [6.07, 6.45) is 4.46. The largest absolute Gasteiger partial charge is 0.462 e. The number of benzene rings is 1. The maximum atomic E-state index is 13.2. The molecule has 2 aromatic rings. The molecule has 1 unspecified atom stereocenters. The van der Waals surface area contributed by atoms with Gasteiger partial charge in [-0.15, -0.1) is 0 Å². The number of carbonyl (C=O) groups is 1. The van der Waals surface area contributed by atoms with Gasteiger partial charge in [-0.05, 0) is 51.8 Å². The molecule has 3 rings (SSSR count). The highest BCUT2D eigenvalue weighted by Crippen LogP contribution is 2.41. The number of aromatic nitrogens is 2. The van der Waals surface area contributed by atoms with Crippen molar-refractivity contribution in [3.63, 3.8) is 0 Å². The second kappa shape index (κ2) is 7.78. The summed E-state index contributed by atoms with van der Waals surface area (Å²) in [6, 6.07) is 7.78. The van der Waals surface area contributed by atoms with Crippen molar-refractivity contribution in [1.29, 1.82) is 0 Å². The van der Waals surface area contributed by atoms with Gasteiger partial charge < -0.3 is 4.74 Å². The monoisotopic (exact) mass is 383 g/mol. The number of allylic oxidation sites excluding steroid dienone is 1. The molecule has 1 aromatic heterocycles. The second-order valence-corrected chi connectivity index (χ2v) is 7.92. The molecule has 0 amide bonds. The minimum absolute atomic E-state index is 0.000136. The predicted molar refractivity (Wildman–Crippen MR) is 111 cm³/mol. The molecule has 1 atom stereocenters. The van der Waals surface area contributed by atoms with Gasteiger partial charge >= 0.3 is 5.97 Å². The van der Waals surface area contributed by atoms with Crippen LogP contribution < -0.4 is 10.6 Å². The molecule has 1 aliphatic heterocycles. The van der Waals surface area contributed by atoms with Crippen LogP contribution in [0.4, 0.5) is 0 Å². The van der Waals surface area contributed by atoms with E-state index in [9.17, 15) is 9.59 Å². The molecule has 1 fully saturated rings. The Balaban J connectivity index is 1.82. The first kappa shape index (κ1) is 20.1. The molecular weight excluding hydrogens is 354 g/mol. The number of rotatable bonds is 7. The van der Waals surface area contributed by atoms with E-state index in [1.165, 1.54) is 12.5 Å². The molecule has 0 spiro atoms. The quantitative estimate of drug-likeness (QED) is 0.417. The Labute approximate surface area is 165 Å². The molecule has 0 radical (unpaired) electrons. The van der Waals surface area contributed by atoms with Gasteiger partial charge in [-0.1, -0.05) is 24.6 Å². The van der Waals surface area contributed by atoms with Gasteiger partial charge in [-0.25, -0.2) is 9.66 Å². The zero-order valence-electron chi connectivity index (χ0n) is 17.4. The Kier molecular flexibility index (Phi) is 5.59. The van der Waals surface area contributed by atoms with Crippen molar-refractivity contribution >= 4 is 16.9 Å². The van der Waals surface area contributed by atoms with Crippen molar-refractivity contribution in [2.75, 3.05) is 11.6 Å². The topological polar surface area (TPSA) is 64.2 Å². The van der Waals surface area contributed by atoms with Crippen molar-refractivity contribution < 1.29 is 9.53 Å². The van der Waals surface area contributed by atoms with Crippen LogP contribution in [0.25, 0.3) is 10.9 Å². The number of hydrogen-bond acceptors (Lipinski definition) is 5. The first-order valence-electron chi connectivity index (χ1n) is 9.86. The van der Waals surface area contributed by atoms with E-state index in [2.05, 4.69) is 18.9 Å². The lowest BCUT2D eigenvalue weighted by atomic mass is 10.0. The Bertz CT molecular complexity index is 975. The number of carbonyl (C=O) groups excluding carboxylic acids is 1. The third kappa shape index (κ3) is 3.81. The van der Waals surface area contributed by atoms with E-state index in [4.69, 9.17) is 9.72 Å². The molecule has 0 N–H and O–H groups in total. The van der Waals surface area contributed by atoms with Crippen LogP contribution in [0.3, 0.4) is 0 Å². The van der Waals surface area contributed by atoms with Crippen LogP contribution in [0.2, 0.25) is 0 Å². The van der Waals surface area contributed by atoms with E-state index in [-0.39, 0.29) is 23.1 Å². The SMILES string of the molecule is CCc1nc2ccccc2c(=O)n1N1C(CC/C(C)=C/COC(C)=O)C1(C)C. The highest BCUT2D eigenvalue weighted by molar-refractivity contribution is 5.77. The van der Waals surface area contributed by atoms with Gasteiger partial charge in [-0.2, -0.15) is 0 Å². The van der Waals surface area contributed by atoms with Gasteiger partial charge in [0, 0.05) is 13.3 Å². The van der Waals surface area contributed by atoms with Gasteiger partial charge in [0.25, 0.3) is 5.56 Å². The van der Waals surface area contributed by atoms with Crippen LogP contribution in [0.1, 0.15) is 53.3 Å². The summed E-state index contributed by atoms with van der Waals surface area (Å²) in [6.45, 7) is 10.1. The predicted octanol–water partition coefficient (Wildman–Crippen LogP) is 3.35. The zero-order valence-corrected chi connectivity index (χ0v) is 17.4. The Morgan fingerprint density at radius 2 is 2.00 bits per heavy atom. The summed E-state index contributed by atoms with van der Waals surface area (Å²) >= 11 is 0. The van der Waals surface area contributed by atoms with Crippen molar-refractivity contribution in [1.82, 2.24) is 9.66 Å². The zero-order chi connectivity index (χ0) is 20.5. The van der Waals surface area contributed by atoms with E-state index >= 15 is 0 Å². The van der Waals surface area contributed by atoms with Gasteiger partial charge in [0.1, 0.15) is 12.4 Å². The molecule has 1 aromatic carbocycles. The van der Waals surface area contributed by atoms with Gasteiger partial charge in [0.15, 0.2) is 0 Å². The molecule has 28 heavy (non-hydrogen) atoms. The third-order valence-corrected chi connectivity index (χ3v) is 5.52. The minimum Gasteiger partial charge on any atom is -0.462 e. The summed E-state index contributed by atoms with van der Waals surface area (Å²) in [7, 11) is 0. The average Bonchev–Trinajstić information content (AvgIpc) is 3.19. The summed E-state index contributed by atoms with van der Waals surface area (Å²) in [5.41, 5.74) is 1.83. The van der Waals surface area contributed by atoms with E-state index in [1.807, 2.05) is 44.2 Å². The Morgan fingerprint density at radius 1 is 1.29 bits per heavy atom.